The largest absolute Gasteiger partial charge is 0.478 e. The van der Waals surface area contributed by atoms with Crippen LogP contribution < -0.4 is 9.62 Å². The van der Waals surface area contributed by atoms with Gasteiger partial charge in [-0.3, -0.25) is 9.52 Å². The number of anilines is 2. The van der Waals surface area contributed by atoms with Crippen LogP contribution in [0.5, 0.6) is 0 Å². The number of hydrogen-bond acceptors (Lipinski definition) is 6. The number of aromatic carboxylic acids is 1. The van der Waals surface area contributed by atoms with Gasteiger partial charge in [-0.2, -0.15) is 0 Å². The number of sulfonamides is 1. The number of aryl methyl sites for hydroxylation is 2. The molecule has 0 unspecified atom stereocenters. The second-order valence-corrected chi connectivity index (χ2v) is 9.61. The minimum absolute atomic E-state index is 0.0366. The summed E-state index contributed by atoms with van der Waals surface area (Å²) < 4.78 is 33.9. The summed E-state index contributed by atoms with van der Waals surface area (Å²) in [6.07, 6.45) is 1.42. The Kier molecular flexibility index (Phi) is 7.08. The number of nitrogens with one attached hydrogen (secondary N) is 1. The minimum atomic E-state index is -3.96. The van der Waals surface area contributed by atoms with Crippen molar-refractivity contribution in [1.82, 2.24) is 0 Å². The van der Waals surface area contributed by atoms with E-state index < -0.39 is 16.0 Å². The molecule has 2 aromatic carbocycles. The minimum Gasteiger partial charge on any atom is -0.478 e. The van der Waals surface area contributed by atoms with Gasteiger partial charge in [0.25, 0.3) is 10.0 Å². The summed E-state index contributed by atoms with van der Waals surface area (Å²) in [6, 6.07) is 9.14. The third kappa shape index (κ3) is 5.21. The predicted molar refractivity (Wildman–Crippen MR) is 122 cm³/mol. The normalized spacial score (nSPS) is 16.5. The summed E-state index contributed by atoms with van der Waals surface area (Å²) in [6.45, 7) is 6.74. The van der Waals surface area contributed by atoms with Crippen LogP contribution in [0.25, 0.3) is 0 Å². The van der Waals surface area contributed by atoms with Crippen LogP contribution in [0.3, 0.4) is 0 Å². The maximum atomic E-state index is 13.1. The van der Waals surface area contributed by atoms with Gasteiger partial charge in [0.15, 0.2) is 0 Å². The van der Waals surface area contributed by atoms with Gasteiger partial charge in [0, 0.05) is 13.1 Å². The van der Waals surface area contributed by atoms with Gasteiger partial charge in [0.05, 0.1) is 34.4 Å². The number of nitrogens with zero attached hydrogens (tertiary/aromatic N) is 1. The van der Waals surface area contributed by atoms with E-state index in [1.54, 1.807) is 25.1 Å². The molecular formula is C23H28N2O6S. The first-order valence-corrected chi connectivity index (χ1v) is 12.0. The molecule has 0 aromatic heterocycles. The molecule has 1 saturated heterocycles. The van der Waals surface area contributed by atoms with Crippen molar-refractivity contribution in [2.75, 3.05) is 29.3 Å². The molecule has 0 radical (unpaired) electrons. The lowest BCUT2D eigenvalue weighted by atomic mass is 9.97. The van der Waals surface area contributed by atoms with E-state index in [4.69, 9.17) is 4.74 Å². The van der Waals surface area contributed by atoms with Crippen molar-refractivity contribution in [3.63, 3.8) is 0 Å². The van der Waals surface area contributed by atoms with Gasteiger partial charge in [-0.05, 0) is 75.1 Å². The molecule has 0 aliphatic carbocycles. The molecule has 1 fully saturated rings. The van der Waals surface area contributed by atoms with Gasteiger partial charge in [0.2, 0.25) is 0 Å². The van der Waals surface area contributed by atoms with Gasteiger partial charge >= 0.3 is 11.9 Å². The first-order valence-electron chi connectivity index (χ1n) is 10.5. The predicted octanol–water partition coefficient (Wildman–Crippen LogP) is 3.58. The van der Waals surface area contributed by atoms with Gasteiger partial charge in [-0.25, -0.2) is 13.2 Å². The maximum Gasteiger partial charge on any atom is 0.335 e. The topological polar surface area (TPSA) is 113 Å². The number of carboxylic acid groups (broad SMARTS) is 1. The third-order valence-electron chi connectivity index (χ3n) is 5.66. The zero-order valence-electron chi connectivity index (χ0n) is 18.4. The highest BCUT2D eigenvalue weighted by Gasteiger charge is 2.29. The van der Waals surface area contributed by atoms with Gasteiger partial charge < -0.3 is 14.7 Å². The molecule has 3 rings (SSSR count). The average Bonchev–Trinajstić information content (AvgIpc) is 2.75. The summed E-state index contributed by atoms with van der Waals surface area (Å²) in [5.74, 6) is -1.77. The van der Waals surface area contributed by atoms with Crippen LogP contribution in [0.4, 0.5) is 11.4 Å². The number of piperidine rings is 1. The monoisotopic (exact) mass is 460 g/mol. The molecule has 1 atom stereocenters. The van der Waals surface area contributed by atoms with Crippen molar-refractivity contribution in [2.45, 2.75) is 38.5 Å². The average molecular weight is 461 g/mol. The Morgan fingerprint density at radius 3 is 2.56 bits per heavy atom. The van der Waals surface area contributed by atoms with Crippen molar-refractivity contribution in [3.8, 4) is 0 Å². The highest BCUT2D eigenvalue weighted by molar-refractivity contribution is 7.92. The Morgan fingerprint density at radius 1 is 1.16 bits per heavy atom. The Balaban J connectivity index is 1.97. The second-order valence-electron chi connectivity index (χ2n) is 7.93. The molecular weight excluding hydrogens is 432 g/mol. The molecule has 0 spiro atoms. The van der Waals surface area contributed by atoms with Crippen molar-refractivity contribution in [3.05, 3.63) is 53.1 Å². The van der Waals surface area contributed by atoms with E-state index in [0.29, 0.717) is 31.8 Å². The summed E-state index contributed by atoms with van der Waals surface area (Å²) in [5, 5.41) is 9.41. The van der Waals surface area contributed by atoms with Crippen LogP contribution >= 0.6 is 0 Å². The number of carbonyl (C=O) groups is 2. The van der Waals surface area contributed by atoms with Crippen molar-refractivity contribution in [1.29, 1.82) is 0 Å². The molecule has 0 saturated carbocycles. The highest BCUT2D eigenvalue weighted by atomic mass is 32.2. The first-order chi connectivity index (χ1) is 15.1. The van der Waals surface area contributed by atoms with Crippen molar-refractivity contribution in [2.24, 2.45) is 5.92 Å². The lowest BCUT2D eigenvalue weighted by molar-refractivity contribution is -0.148. The zero-order valence-corrected chi connectivity index (χ0v) is 19.2. The van der Waals surface area contributed by atoms with E-state index in [9.17, 15) is 23.1 Å². The molecule has 2 N–H and O–H groups in total. The van der Waals surface area contributed by atoms with Crippen molar-refractivity contribution < 1.29 is 27.9 Å². The lowest BCUT2D eigenvalue weighted by Crippen LogP contribution is -2.39. The summed E-state index contributed by atoms with van der Waals surface area (Å²) >= 11 is 0. The molecule has 1 aliphatic heterocycles. The molecule has 8 nitrogen and oxygen atoms in total. The molecule has 0 amide bonds. The SMILES string of the molecule is CCOC(=O)[C@H]1CCCN(c2ccc(C(=O)O)cc2NS(=O)(=O)c2ccc(C)c(C)c2)C1. The summed E-state index contributed by atoms with van der Waals surface area (Å²) in [7, 11) is -3.96. The molecule has 2 aromatic rings. The Morgan fingerprint density at radius 2 is 1.91 bits per heavy atom. The van der Waals surface area contributed by atoms with Gasteiger partial charge in [-0.1, -0.05) is 6.07 Å². The number of benzene rings is 2. The molecule has 9 heteroatoms. The van der Waals surface area contributed by atoms with E-state index in [1.165, 1.54) is 18.2 Å². The van der Waals surface area contributed by atoms with E-state index in [0.717, 1.165) is 17.5 Å². The number of esters is 1. The number of carbonyl (C=O) groups excluding carboxylic acids is 1. The fourth-order valence-electron chi connectivity index (χ4n) is 3.76. The number of carboxylic acids is 1. The van der Waals surface area contributed by atoms with Crippen LogP contribution in [0.1, 0.15) is 41.3 Å². The van der Waals surface area contributed by atoms with E-state index in [2.05, 4.69) is 4.72 Å². The molecule has 0 bridgehead atoms. The standard InChI is InChI=1S/C23H28N2O6S/c1-4-31-23(28)18-6-5-11-25(14-18)21-10-8-17(22(26)27)13-20(21)24-32(29,30)19-9-7-15(2)16(3)12-19/h7-10,12-13,18,24H,4-6,11,14H2,1-3H3,(H,26,27)/t18-/m0/s1. The summed E-state index contributed by atoms with van der Waals surface area (Å²) in [5.41, 5.74) is 2.45. The van der Waals surface area contributed by atoms with E-state index in [1.807, 2.05) is 18.7 Å². The zero-order chi connectivity index (χ0) is 23.5. The molecule has 1 heterocycles. The smallest absolute Gasteiger partial charge is 0.335 e. The fraction of sp³-hybridized carbons (Fsp3) is 0.391. The number of rotatable bonds is 7. The molecule has 1 aliphatic rings. The van der Waals surface area contributed by atoms with Gasteiger partial charge in [-0.15, -0.1) is 0 Å². The van der Waals surface area contributed by atoms with Crippen LogP contribution in [0, 0.1) is 19.8 Å². The third-order valence-corrected chi connectivity index (χ3v) is 7.02. The van der Waals surface area contributed by atoms with Crippen LogP contribution in [-0.4, -0.2) is 45.2 Å². The van der Waals surface area contributed by atoms with Crippen LogP contribution in [0.15, 0.2) is 41.3 Å². The van der Waals surface area contributed by atoms with Crippen LogP contribution in [0.2, 0.25) is 0 Å². The number of hydrogen-bond donors (Lipinski definition) is 2. The molecule has 172 valence electrons. The van der Waals surface area contributed by atoms with E-state index in [-0.39, 0.29) is 28.0 Å². The fourth-order valence-corrected chi connectivity index (χ4v) is 4.91. The first kappa shape index (κ1) is 23.6. The quantitative estimate of drug-likeness (QED) is 0.607. The lowest BCUT2D eigenvalue weighted by Gasteiger charge is -2.34. The van der Waals surface area contributed by atoms with E-state index >= 15 is 0 Å². The second kappa shape index (κ2) is 9.60. The number of ether oxygens (including phenoxy) is 1. The highest BCUT2D eigenvalue weighted by Crippen LogP contribution is 2.33. The Bertz CT molecular complexity index is 1130. The van der Waals surface area contributed by atoms with Crippen molar-refractivity contribution >= 4 is 33.3 Å². The Labute approximate surface area is 188 Å². The van der Waals surface area contributed by atoms with Crippen LogP contribution in [-0.2, 0) is 19.6 Å². The van der Waals surface area contributed by atoms with Gasteiger partial charge in [0.1, 0.15) is 0 Å². The summed E-state index contributed by atoms with van der Waals surface area (Å²) in [4.78, 5) is 25.7. The molecule has 32 heavy (non-hydrogen) atoms. The maximum absolute atomic E-state index is 13.1. The Hall–Kier alpha value is -3.07.